The Hall–Kier alpha value is -3.23. The fourth-order valence-electron chi connectivity index (χ4n) is 2.46. The average Bonchev–Trinajstić information content (AvgIpc) is 3.09. The molecule has 0 saturated carbocycles. The summed E-state index contributed by atoms with van der Waals surface area (Å²) in [6, 6.07) is 3.21. The minimum Gasteiger partial charge on any atom is -0.335 e. The molecule has 0 radical (unpaired) electrons. The molecule has 3 aromatic heterocycles. The third-order valence-electron chi connectivity index (χ3n) is 3.59. The maximum Gasteiger partial charge on any atom is 0.276 e. The van der Waals surface area contributed by atoms with Gasteiger partial charge in [0.1, 0.15) is 30.2 Å². The van der Waals surface area contributed by atoms with Gasteiger partial charge in [-0.15, -0.1) is 0 Å². The number of H-pyrrole nitrogens is 1. The van der Waals surface area contributed by atoms with E-state index in [1.807, 2.05) is 0 Å². The lowest BCUT2D eigenvalue weighted by Crippen LogP contribution is -2.24. The van der Waals surface area contributed by atoms with Gasteiger partial charge in [0.2, 0.25) is 0 Å². The van der Waals surface area contributed by atoms with Crippen LogP contribution in [0.1, 0.15) is 10.5 Å². The molecule has 1 aliphatic heterocycles. The van der Waals surface area contributed by atoms with Crippen LogP contribution < -0.4 is 10.9 Å². The van der Waals surface area contributed by atoms with E-state index in [4.69, 9.17) is 0 Å². The van der Waals surface area contributed by atoms with E-state index in [0.717, 1.165) is 0 Å². The third kappa shape index (κ3) is 1.68. The van der Waals surface area contributed by atoms with Crippen LogP contribution in [-0.2, 0) is 6.67 Å². The number of carbonyl (C=O) groups is 1. The molecule has 4 heterocycles. The minimum atomic E-state index is -0.273. The Morgan fingerprint density at radius 2 is 2.14 bits per heavy atom. The van der Waals surface area contributed by atoms with Crippen LogP contribution in [0.25, 0.3) is 11.0 Å². The number of carbonyl (C=O) groups excluding carboxylic acids is 1. The van der Waals surface area contributed by atoms with Crippen LogP contribution in [0.2, 0.25) is 0 Å². The summed E-state index contributed by atoms with van der Waals surface area (Å²) in [5, 5.41) is 10.3. The van der Waals surface area contributed by atoms with Gasteiger partial charge in [0.15, 0.2) is 5.65 Å². The molecule has 22 heavy (non-hydrogen) atoms. The van der Waals surface area contributed by atoms with Crippen LogP contribution >= 0.6 is 0 Å². The van der Waals surface area contributed by atoms with E-state index in [9.17, 15) is 9.59 Å². The molecule has 2 N–H and O–H groups in total. The molecule has 0 aliphatic carbocycles. The van der Waals surface area contributed by atoms with Crippen molar-refractivity contribution in [1.82, 2.24) is 29.6 Å². The number of pyridine rings is 1. The number of hydrogen-bond acceptors (Lipinski definition) is 6. The monoisotopic (exact) mass is 297 g/mol. The highest BCUT2D eigenvalue weighted by Crippen LogP contribution is 2.20. The fraction of sp³-hybridized carbons (Fsp3) is 0.154. The Labute approximate surface area is 123 Å². The highest BCUT2D eigenvalue weighted by molar-refractivity contribution is 5.94. The van der Waals surface area contributed by atoms with Crippen LogP contribution in [0, 0.1) is 0 Å². The topological polar surface area (TPSA) is 109 Å². The van der Waals surface area contributed by atoms with Gasteiger partial charge in [0.05, 0.1) is 11.6 Å². The predicted octanol–water partition coefficient (Wildman–Crippen LogP) is 0.301. The summed E-state index contributed by atoms with van der Waals surface area (Å²) in [6.45, 7) is 0.243. The number of amides is 1. The summed E-state index contributed by atoms with van der Waals surface area (Å²) in [5.74, 6) is 0.317. The number of hydrogen-bond donors (Lipinski definition) is 2. The van der Waals surface area contributed by atoms with E-state index in [0.29, 0.717) is 28.2 Å². The largest absolute Gasteiger partial charge is 0.335 e. The molecule has 0 atom stereocenters. The summed E-state index contributed by atoms with van der Waals surface area (Å²) in [6.07, 6.45) is 2.96. The van der Waals surface area contributed by atoms with Crippen molar-refractivity contribution in [3.05, 3.63) is 40.7 Å². The molecule has 9 heteroatoms. The van der Waals surface area contributed by atoms with Gasteiger partial charge in [-0.2, -0.15) is 5.10 Å². The maximum atomic E-state index is 12.5. The number of anilines is 2. The molecule has 4 rings (SSSR count). The maximum absolute atomic E-state index is 12.5. The summed E-state index contributed by atoms with van der Waals surface area (Å²) in [4.78, 5) is 34.0. The van der Waals surface area contributed by atoms with Crippen LogP contribution in [0.5, 0.6) is 0 Å². The second-order valence-electron chi connectivity index (χ2n) is 4.99. The van der Waals surface area contributed by atoms with Gasteiger partial charge in [-0.3, -0.25) is 19.3 Å². The minimum absolute atomic E-state index is 0.164. The molecular weight excluding hydrogens is 286 g/mol. The van der Waals surface area contributed by atoms with E-state index in [-0.39, 0.29) is 18.1 Å². The Kier molecular flexibility index (Phi) is 2.49. The Morgan fingerprint density at radius 3 is 3.00 bits per heavy atom. The van der Waals surface area contributed by atoms with E-state index < -0.39 is 0 Å². The molecule has 0 unspecified atom stereocenters. The normalized spacial score (nSPS) is 13.7. The zero-order valence-electron chi connectivity index (χ0n) is 11.6. The van der Waals surface area contributed by atoms with Crippen LogP contribution in [0.15, 0.2) is 29.5 Å². The lowest BCUT2D eigenvalue weighted by atomic mass is 10.3. The summed E-state index contributed by atoms with van der Waals surface area (Å²) >= 11 is 0. The fourth-order valence-corrected chi connectivity index (χ4v) is 2.46. The molecule has 1 amide bonds. The Bertz CT molecular complexity index is 958. The summed E-state index contributed by atoms with van der Waals surface area (Å²) in [7, 11) is 1.65. The first-order valence-electron chi connectivity index (χ1n) is 6.55. The number of nitrogens with one attached hydrogen (secondary N) is 2. The molecule has 1 aliphatic rings. The van der Waals surface area contributed by atoms with Crippen LogP contribution in [-0.4, -0.2) is 42.6 Å². The van der Waals surface area contributed by atoms with Crippen LogP contribution in [0.3, 0.4) is 0 Å². The van der Waals surface area contributed by atoms with Crippen molar-refractivity contribution in [2.45, 2.75) is 6.67 Å². The number of rotatable bonds is 2. The quantitative estimate of drug-likeness (QED) is 0.704. The zero-order chi connectivity index (χ0) is 15.3. The molecule has 0 spiro atoms. The first-order chi connectivity index (χ1) is 10.6. The van der Waals surface area contributed by atoms with Crippen molar-refractivity contribution in [3.8, 4) is 0 Å². The van der Waals surface area contributed by atoms with Crippen molar-refractivity contribution in [2.75, 3.05) is 12.4 Å². The van der Waals surface area contributed by atoms with E-state index in [2.05, 4.69) is 25.5 Å². The first-order valence-corrected chi connectivity index (χ1v) is 6.55. The second kappa shape index (κ2) is 4.38. The SMILES string of the molecule is CN1Cn2c(ccc(Nc3ncnc4[nH]ncc34)c2=O)C1=O. The second-order valence-corrected chi connectivity index (χ2v) is 4.99. The molecule has 0 saturated heterocycles. The third-order valence-corrected chi connectivity index (χ3v) is 3.59. The standard InChI is InChI=1S/C13H11N7O2/c1-19-6-20-9(13(19)22)3-2-8(12(20)21)17-10-7-4-16-18-11(7)15-5-14-10/h2-5H,6H2,1H3,(H2,14,15,16,17,18). The molecule has 0 aromatic carbocycles. The van der Waals surface area contributed by atoms with Gasteiger partial charge in [0.25, 0.3) is 11.5 Å². The Morgan fingerprint density at radius 1 is 1.27 bits per heavy atom. The van der Waals surface area contributed by atoms with Crippen molar-refractivity contribution >= 4 is 28.4 Å². The van der Waals surface area contributed by atoms with Gasteiger partial charge < -0.3 is 10.2 Å². The number of fused-ring (bicyclic) bond motifs is 2. The number of aromatic amines is 1. The van der Waals surface area contributed by atoms with Crippen molar-refractivity contribution in [2.24, 2.45) is 0 Å². The lowest BCUT2D eigenvalue weighted by molar-refractivity contribution is 0.0811. The van der Waals surface area contributed by atoms with Gasteiger partial charge in [-0.1, -0.05) is 0 Å². The molecular formula is C13H11N7O2. The van der Waals surface area contributed by atoms with Gasteiger partial charge in [-0.25, -0.2) is 9.97 Å². The van der Waals surface area contributed by atoms with Crippen molar-refractivity contribution < 1.29 is 4.79 Å². The van der Waals surface area contributed by atoms with Gasteiger partial charge >= 0.3 is 0 Å². The molecule has 0 bridgehead atoms. The smallest absolute Gasteiger partial charge is 0.276 e. The van der Waals surface area contributed by atoms with E-state index >= 15 is 0 Å². The first kappa shape index (κ1) is 12.5. The highest BCUT2D eigenvalue weighted by Gasteiger charge is 2.26. The lowest BCUT2D eigenvalue weighted by Gasteiger charge is -2.08. The molecule has 9 nitrogen and oxygen atoms in total. The van der Waals surface area contributed by atoms with E-state index in [1.165, 1.54) is 15.8 Å². The van der Waals surface area contributed by atoms with Crippen LogP contribution in [0.4, 0.5) is 11.5 Å². The molecule has 3 aromatic rings. The average molecular weight is 297 g/mol. The van der Waals surface area contributed by atoms with Crippen molar-refractivity contribution in [3.63, 3.8) is 0 Å². The Balaban J connectivity index is 1.79. The predicted molar refractivity (Wildman–Crippen MR) is 77.8 cm³/mol. The van der Waals surface area contributed by atoms with E-state index in [1.54, 1.807) is 25.4 Å². The molecule has 0 fully saturated rings. The number of aromatic nitrogens is 5. The van der Waals surface area contributed by atoms with Gasteiger partial charge in [0, 0.05) is 7.05 Å². The molecule has 110 valence electrons. The zero-order valence-corrected chi connectivity index (χ0v) is 11.6. The van der Waals surface area contributed by atoms with Crippen molar-refractivity contribution in [1.29, 1.82) is 0 Å². The number of nitrogens with zero attached hydrogens (tertiary/aromatic N) is 5. The summed E-state index contributed by atoms with van der Waals surface area (Å²) < 4.78 is 1.43. The highest BCUT2D eigenvalue weighted by atomic mass is 16.2. The summed E-state index contributed by atoms with van der Waals surface area (Å²) in [5.41, 5.74) is 1.03. The van der Waals surface area contributed by atoms with Gasteiger partial charge in [-0.05, 0) is 12.1 Å².